The molecular weight excluding hydrogens is 248 g/mol. The van der Waals surface area contributed by atoms with Gasteiger partial charge in [-0.2, -0.15) is 0 Å². The molecule has 0 aliphatic rings. The van der Waals surface area contributed by atoms with Gasteiger partial charge in [0.25, 0.3) is 0 Å². The molecule has 0 aromatic heterocycles. The van der Waals surface area contributed by atoms with Crippen LogP contribution in [0, 0.1) is 0 Å². The molecule has 108 valence electrons. The maximum Gasteiger partial charge on any atom is 0.00748 e. The summed E-state index contributed by atoms with van der Waals surface area (Å²) in [5, 5.41) is 0. The van der Waals surface area contributed by atoms with Crippen LogP contribution in [0.3, 0.4) is 0 Å². The van der Waals surface area contributed by atoms with E-state index in [-0.39, 0.29) is 0 Å². The first-order valence-corrected chi connectivity index (χ1v) is 8.42. The third-order valence-corrected chi connectivity index (χ3v) is 4.26. The zero-order chi connectivity index (χ0) is 14.1. The van der Waals surface area contributed by atoms with Crippen LogP contribution in [0.5, 0.6) is 0 Å². The van der Waals surface area contributed by atoms with Crippen LogP contribution in [-0.4, -0.2) is 0 Å². The lowest BCUT2D eigenvalue weighted by atomic mass is 9.93. The van der Waals surface area contributed by atoms with Gasteiger partial charge in [-0.05, 0) is 36.0 Å². The lowest BCUT2D eigenvalue weighted by Gasteiger charge is -2.15. The second kappa shape index (κ2) is 9.47. The van der Waals surface area contributed by atoms with Gasteiger partial charge >= 0.3 is 0 Å². The summed E-state index contributed by atoms with van der Waals surface area (Å²) in [6.45, 7) is 6.82. The molecule has 1 rings (SSSR count). The van der Waals surface area contributed by atoms with Crippen LogP contribution in [0.1, 0.15) is 82.8 Å². The van der Waals surface area contributed by atoms with Crippen molar-refractivity contribution in [2.75, 3.05) is 0 Å². The second-order valence-corrected chi connectivity index (χ2v) is 6.35. The Hall–Kier alpha value is -0.430. The fraction of sp³-hybridized carbons (Fsp3) is 0.667. The van der Waals surface area contributed by atoms with Gasteiger partial charge in [0, 0.05) is 4.90 Å². The van der Waals surface area contributed by atoms with E-state index in [0.29, 0.717) is 5.92 Å². The fourth-order valence-electron chi connectivity index (χ4n) is 2.66. The van der Waals surface area contributed by atoms with E-state index in [9.17, 15) is 0 Å². The summed E-state index contributed by atoms with van der Waals surface area (Å²) < 4.78 is 0. The molecule has 0 aliphatic carbocycles. The molecule has 0 spiro atoms. The van der Waals surface area contributed by atoms with E-state index in [4.69, 9.17) is 0 Å². The number of unbranched alkanes of at least 4 members (excludes halogenated alkanes) is 6. The first kappa shape index (κ1) is 16.6. The molecule has 1 aromatic rings. The van der Waals surface area contributed by atoms with Crippen molar-refractivity contribution in [1.82, 2.24) is 0 Å². The maximum atomic E-state index is 4.63. The van der Waals surface area contributed by atoms with E-state index in [1.807, 2.05) is 0 Å². The van der Waals surface area contributed by atoms with Gasteiger partial charge < -0.3 is 0 Å². The maximum absolute atomic E-state index is 4.63. The van der Waals surface area contributed by atoms with Gasteiger partial charge in [0.15, 0.2) is 0 Å². The van der Waals surface area contributed by atoms with Gasteiger partial charge in [0.1, 0.15) is 0 Å². The predicted octanol–water partition coefficient (Wildman–Crippen LogP) is 6.39. The van der Waals surface area contributed by atoms with Crippen molar-refractivity contribution in [2.24, 2.45) is 0 Å². The molecule has 0 atom stereocenters. The average molecular weight is 279 g/mol. The van der Waals surface area contributed by atoms with Crippen LogP contribution >= 0.6 is 12.6 Å². The molecule has 0 aliphatic heterocycles. The predicted molar refractivity (Wildman–Crippen MR) is 89.5 cm³/mol. The molecule has 0 radical (unpaired) electrons. The summed E-state index contributed by atoms with van der Waals surface area (Å²) in [7, 11) is 0. The molecule has 0 nitrogen and oxygen atoms in total. The second-order valence-electron chi connectivity index (χ2n) is 5.87. The van der Waals surface area contributed by atoms with Crippen LogP contribution in [0.25, 0.3) is 0 Å². The minimum absolute atomic E-state index is 0.603. The zero-order valence-corrected chi connectivity index (χ0v) is 13.8. The average Bonchev–Trinajstić information content (AvgIpc) is 2.39. The SMILES string of the molecule is CCCCCCCCCc1c(S)cccc1C(C)C. The Kier molecular flexibility index (Phi) is 8.29. The van der Waals surface area contributed by atoms with E-state index >= 15 is 0 Å². The highest BCUT2D eigenvalue weighted by Gasteiger charge is 2.08. The number of benzene rings is 1. The molecule has 0 fully saturated rings. The van der Waals surface area contributed by atoms with Crippen LogP contribution in [0.4, 0.5) is 0 Å². The smallest absolute Gasteiger partial charge is 0.00748 e. The molecule has 1 aromatic carbocycles. The van der Waals surface area contributed by atoms with Crippen molar-refractivity contribution < 1.29 is 0 Å². The number of hydrogen-bond acceptors (Lipinski definition) is 1. The first-order valence-electron chi connectivity index (χ1n) is 7.97. The molecule has 0 N–H and O–H groups in total. The molecule has 0 unspecified atom stereocenters. The normalized spacial score (nSPS) is 11.2. The quantitative estimate of drug-likeness (QED) is 0.392. The minimum Gasteiger partial charge on any atom is -0.143 e. The highest BCUT2D eigenvalue weighted by atomic mass is 32.1. The van der Waals surface area contributed by atoms with Gasteiger partial charge in [0.2, 0.25) is 0 Å². The van der Waals surface area contributed by atoms with Crippen LogP contribution in [0.15, 0.2) is 23.1 Å². The summed E-state index contributed by atoms with van der Waals surface area (Å²) in [5.74, 6) is 0.603. The Balaban J connectivity index is 2.36. The van der Waals surface area contributed by atoms with Crippen LogP contribution in [-0.2, 0) is 6.42 Å². The third-order valence-electron chi connectivity index (χ3n) is 3.84. The highest BCUT2D eigenvalue weighted by Crippen LogP contribution is 2.26. The zero-order valence-electron chi connectivity index (χ0n) is 12.9. The molecule has 1 heteroatoms. The third kappa shape index (κ3) is 6.03. The lowest BCUT2D eigenvalue weighted by molar-refractivity contribution is 0.587. The summed E-state index contributed by atoms with van der Waals surface area (Å²) in [6.07, 6.45) is 10.8. The summed E-state index contributed by atoms with van der Waals surface area (Å²) in [4.78, 5) is 1.18. The monoisotopic (exact) mass is 278 g/mol. The van der Waals surface area contributed by atoms with E-state index in [0.717, 1.165) is 0 Å². The summed E-state index contributed by atoms with van der Waals surface area (Å²) in [6, 6.07) is 6.53. The molecule has 19 heavy (non-hydrogen) atoms. The highest BCUT2D eigenvalue weighted by molar-refractivity contribution is 7.80. The van der Waals surface area contributed by atoms with E-state index in [1.54, 1.807) is 0 Å². The van der Waals surface area contributed by atoms with E-state index in [1.165, 1.54) is 67.4 Å². The number of thiol groups is 1. The molecular formula is C18H30S. The van der Waals surface area contributed by atoms with Gasteiger partial charge in [-0.1, -0.05) is 71.4 Å². The number of rotatable bonds is 9. The topological polar surface area (TPSA) is 0 Å². The summed E-state index contributed by atoms with van der Waals surface area (Å²) in [5.41, 5.74) is 2.97. The number of hydrogen-bond donors (Lipinski definition) is 1. The Morgan fingerprint density at radius 1 is 0.947 bits per heavy atom. The van der Waals surface area contributed by atoms with Crippen LogP contribution < -0.4 is 0 Å². The van der Waals surface area contributed by atoms with Gasteiger partial charge in [-0.15, -0.1) is 12.6 Å². The Labute approximate surface area is 125 Å². The van der Waals surface area contributed by atoms with E-state index in [2.05, 4.69) is 51.6 Å². The van der Waals surface area contributed by atoms with Gasteiger partial charge in [-0.3, -0.25) is 0 Å². The van der Waals surface area contributed by atoms with Crippen molar-refractivity contribution in [3.63, 3.8) is 0 Å². The van der Waals surface area contributed by atoms with Crippen LogP contribution in [0.2, 0.25) is 0 Å². The first-order chi connectivity index (χ1) is 9.16. The van der Waals surface area contributed by atoms with Crippen molar-refractivity contribution in [3.8, 4) is 0 Å². The van der Waals surface area contributed by atoms with Gasteiger partial charge in [0.05, 0.1) is 0 Å². The van der Waals surface area contributed by atoms with Crippen molar-refractivity contribution >= 4 is 12.6 Å². The fourth-order valence-corrected chi connectivity index (χ4v) is 2.99. The van der Waals surface area contributed by atoms with Crippen molar-refractivity contribution in [3.05, 3.63) is 29.3 Å². The minimum atomic E-state index is 0.603. The molecule has 0 saturated carbocycles. The largest absolute Gasteiger partial charge is 0.143 e. The molecule has 0 saturated heterocycles. The Morgan fingerprint density at radius 3 is 2.21 bits per heavy atom. The molecule has 0 bridgehead atoms. The molecule has 0 amide bonds. The van der Waals surface area contributed by atoms with Gasteiger partial charge in [-0.25, -0.2) is 0 Å². The standard InChI is InChI=1S/C18H30S/c1-4-5-6-7-8-9-10-12-17-16(15(2)3)13-11-14-18(17)19/h11,13-15,19H,4-10,12H2,1-3H3. The Morgan fingerprint density at radius 2 is 1.58 bits per heavy atom. The van der Waals surface area contributed by atoms with Crippen molar-refractivity contribution in [2.45, 2.75) is 83.0 Å². The summed E-state index contributed by atoms with van der Waals surface area (Å²) >= 11 is 4.63. The van der Waals surface area contributed by atoms with Crippen molar-refractivity contribution in [1.29, 1.82) is 0 Å². The Bertz CT molecular complexity index is 355. The lowest BCUT2D eigenvalue weighted by Crippen LogP contribution is -1.98. The van der Waals surface area contributed by atoms with E-state index < -0.39 is 0 Å². The molecule has 0 heterocycles.